The Balaban J connectivity index is 1.35. The van der Waals surface area contributed by atoms with Gasteiger partial charge in [-0.25, -0.2) is 9.37 Å². The fourth-order valence-electron chi connectivity index (χ4n) is 3.61. The van der Waals surface area contributed by atoms with Gasteiger partial charge >= 0.3 is 0 Å². The maximum atomic E-state index is 14.1. The predicted octanol–water partition coefficient (Wildman–Crippen LogP) is 3.50. The van der Waals surface area contributed by atoms with Gasteiger partial charge < -0.3 is 15.2 Å². The standard InChI is InChI=1S/C23H23FN4O2/c1-15-25-7-9-28(15)10-8-26-22(29)17-11-18(24)13-19(12-17)27-23(30)21-14-20(21)16-5-3-2-4-6-16/h2-7,9,11-13,20-21H,8,10,14H2,1H3,(H,26,29)(H,27,30)/t20-,21+/m0/s1. The molecule has 1 fully saturated rings. The van der Waals surface area contributed by atoms with Crippen molar-refractivity contribution in [2.24, 2.45) is 5.92 Å². The Morgan fingerprint density at radius 3 is 2.73 bits per heavy atom. The number of nitrogens with one attached hydrogen (secondary N) is 2. The molecule has 0 saturated heterocycles. The summed E-state index contributed by atoms with van der Waals surface area (Å²) in [6, 6.07) is 13.8. The maximum Gasteiger partial charge on any atom is 0.251 e. The summed E-state index contributed by atoms with van der Waals surface area (Å²) in [5.74, 6) is -0.207. The normalized spacial score (nSPS) is 17.4. The maximum absolute atomic E-state index is 14.1. The number of imidazole rings is 1. The number of aryl methyl sites for hydroxylation is 1. The van der Waals surface area contributed by atoms with Crippen LogP contribution in [0.2, 0.25) is 0 Å². The number of amides is 2. The van der Waals surface area contributed by atoms with Crippen molar-refractivity contribution in [2.75, 3.05) is 11.9 Å². The van der Waals surface area contributed by atoms with Crippen LogP contribution in [0.5, 0.6) is 0 Å². The number of hydrogen-bond donors (Lipinski definition) is 2. The molecule has 0 bridgehead atoms. The van der Waals surface area contributed by atoms with Crippen LogP contribution in [-0.4, -0.2) is 27.9 Å². The molecular formula is C23H23FN4O2. The van der Waals surface area contributed by atoms with Gasteiger partial charge in [0, 0.05) is 42.7 Å². The first-order valence-corrected chi connectivity index (χ1v) is 9.93. The number of carbonyl (C=O) groups excluding carboxylic acids is 2. The third-order valence-electron chi connectivity index (χ3n) is 5.34. The summed E-state index contributed by atoms with van der Waals surface area (Å²) < 4.78 is 16.0. The Morgan fingerprint density at radius 1 is 1.20 bits per heavy atom. The molecule has 2 atom stereocenters. The molecule has 0 unspecified atom stereocenters. The molecule has 2 N–H and O–H groups in total. The van der Waals surface area contributed by atoms with Gasteiger partial charge in [0.2, 0.25) is 5.91 Å². The highest BCUT2D eigenvalue weighted by molar-refractivity contribution is 5.98. The molecule has 0 radical (unpaired) electrons. The average molecular weight is 406 g/mol. The highest BCUT2D eigenvalue weighted by Crippen LogP contribution is 2.47. The van der Waals surface area contributed by atoms with E-state index in [9.17, 15) is 14.0 Å². The second-order valence-corrected chi connectivity index (χ2v) is 7.50. The first-order valence-electron chi connectivity index (χ1n) is 9.93. The van der Waals surface area contributed by atoms with Crippen LogP contribution in [0.4, 0.5) is 10.1 Å². The largest absolute Gasteiger partial charge is 0.350 e. The Labute approximate surface area is 174 Å². The lowest BCUT2D eigenvalue weighted by molar-refractivity contribution is -0.117. The Bertz CT molecular complexity index is 1060. The van der Waals surface area contributed by atoms with E-state index in [1.54, 1.807) is 6.20 Å². The van der Waals surface area contributed by atoms with Gasteiger partial charge in [0.05, 0.1) is 0 Å². The van der Waals surface area contributed by atoms with Crippen LogP contribution in [0, 0.1) is 18.7 Å². The smallest absolute Gasteiger partial charge is 0.251 e. The summed E-state index contributed by atoms with van der Waals surface area (Å²) in [6.45, 7) is 2.83. The summed E-state index contributed by atoms with van der Waals surface area (Å²) in [7, 11) is 0. The summed E-state index contributed by atoms with van der Waals surface area (Å²) in [5, 5.41) is 5.52. The van der Waals surface area contributed by atoms with Crippen molar-refractivity contribution in [1.82, 2.24) is 14.9 Å². The third kappa shape index (κ3) is 4.56. The molecule has 1 heterocycles. The molecule has 4 rings (SSSR count). The van der Waals surface area contributed by atoms with Crippen molar-refractivity contribution in [3.63, 3.8) is 0 Å². The average Bonchev–Trinajstić information content (AvgIpc) is 3.44. The summed E-state index contributed by atoms with van der Waals surface area (Å²) in [4.78, 5) is 29.1. The van der Waals surface area contributed by atoms with Crippen molar-refractivity contribution in [3.05, 3.63) is 83.7 Å². The number of rotatable bonds is 7. The Kier molecular flexibility index (Phi) is 5.61. The molecule has 1 saturated carbocycles. The van der Waals surface area contributed by atoms with E-state index in [1.165, 1.54) is 12.1 Å². The quantitative estimate of drug-likeness (QED) is 0.631. The van der Waals surface area contributed by atoms with Gasteiger partial charge in [-0.1, -0.05) is 30.3 Å². The second kappa shape index (κ2) is 8.49. The minimum absolute atomic E-state index is 0.133. The van der Waals surface area contributed by atoms with Crippen molar-refractivity contribution in [2.45, 2.75) is 25.8 Å². The van der Waals surface area contributed by atoms with E-state index in [4.69, 9.17) is 0 Å². The van der Waals surface area contributed by atoms with Gasteiger partial charge in [-0.15, -0.1) is 0 Å². The number of benzene rings is 2. The fraction of sp³-hybridized carbons (Fsp3) is 0.261. The molecule has 0 aliphatic heterocycles. The van der Waals surface area contributed by atoms with Crippen LogP contribution in [0.15, 0.2) is 60.9 Å². The highest BCUT2D eigenvalue weighted by Gasteiger charge is 2.43. The molecule has 7 heteroatoms. The summed E-state index contributed by atoms with van der Waals surface area (Å²) in [5.41, 5.74) is 1.59. The lowest BCUT2D eigenvalue weighted by Crippen LogP contribution is -2.27. The van der Waals surface area contributed by atoms with E-state index in [1.807, 2.05) is 48.0 Å². The third-order valence-corrected chi connectivity index (χ3v) is 5.34. The van der Waals surface area contributed by atoms with Gasteiger partial charge in [0.15, 0.2) is 0 Å². The minimum atomic E-state index is -0.571. The van der Waals surface area contributed by atoms with E-state index in [0.29, 0.717) is 13.1 Å². The summed E-state index contributed by atoms with van der Waals surface area (Å²) in [6.07, 6.45) is 4.30. The molecule has 2 aromatic carbocycles. The minimum Gasteiger partial charge on any atom is -0.350 e. The van der Waals surface area contributed by atoms with Crippen LogP contribution >= 0.6 is 0 Å². The first kappa shape index (κ1) is 19.8. The molecule has 2 amide bonds. The van der Waals surface area contributed by atoms with E-state index < -0.39 is 11.7 Å². The van der Waals surface area contributed by atoms with Crippen LogP contribution < -0.4 is 10.6 Å². The Morgan fingerprint density at radius 2 is 2.00 bits per heavy atom. The number of hydrogen-bond acceptors (Lipinski definition) is 3. The van der Waals surface area contributed by atoms with Gasteiger partial charge in [0.25, 0.3) is 5.91 Å². The molecule has 3 aromatic rings. The van der Waals surface area contributed by atoms with E-state index in [-0.39, 0.29) is 29.0 Å². The van der Waals surface area contributed by atoms with Gasteiger partial charge in [-0.05, 0) is 43.0 Å². The topological polar surface area (TPSA) is 76.0 Å². The molecule has 1 aliphatic rings. The molecular weight excluding hydrogens is 383 g/mol. The number of aromatic nitrogens is 2. The zero-order valence-electron chi connectivity index (χ0n) is 16.6. The van der Waals surface area contributed by atoms with Crippen LogP contribution in [-0.2, 0) is 11.3 Å². The van der Waals surface area contributed by atoms with Crippen molar-refractivity contribution >= 4 is 17.5 Å². The van der Waals surface area contributed by atoms with Crippen molar-refractivity contribution in [3.8, 4) is 0 Å². The predicted molar refractivity (Wildman–Crippen MR) is 112 cm³/mol. The molecule has 30 heavy (non-hydrogen) atoms. The zero-order valence-corrected chi connectivity index (χ0v) is 16.6. The number of halogens is 1. The molecule has 1 aliphatic carbocycles. The molecule has 6 nitrogen and oxygen atoms in total. The SMILES string of the molecule is Cc1nccn1CCNC(=O)c1cc(F)cc(NC(=O)[C@@H]2C[C@H]2c2ccccc2)c1. The lowest BCUT2D eigenvalue weighted by Gasteiger charge is -2.10. The highest BCUT2D eigenvalue weighted by atomic mass is 19.1. The lowest BCUT2D eigenvalue weighted by atomic mass is 10.1. The number of carbonyl (C=O) groups is 2. The zero-order chi connectivity index (χ0) is 21.1. The van der Waals surface area contributed by atoms with Crippen LogP contribution in [0.3, 0.4) is 0 Å². The van der Waals surface area contributed by atoms with E-state index in [2.05, 4.69) is 15.6 Å². The van der Waals surface area contributed by atoms with E-state index in [0.717, 1.165) is 23.9 Å². The van der Waals surface area contributed by atoms with Gasteiger partial charge in [-0.3, -0.25) is 9.59 Å². The fourth-order valence-corrected chi connectivity index (χ4v) is 3.61. The molecule has 0 spiro atoms. The first-order chi connectivity index (χ1) is 14.5. The monoisotopic (exact) mass is 406 g/mol. The second-order valence-electron chi connectivity index (χ2n) is 7.50. The molecule has 1 aromatic heterocycles. The van der Waals surface area contributed by atoms with Crippen LogP contribution in [0.25, 0.3) is 0 Å². The molecule has 154 valence electrons. The number of nitrogens with zero attached hydrogens (tertiary/aromatic N) is 2. The van der Waals surface area contributed by atoms with Crippen molar-refractivity contribution < 1.29 is 14.0 Å². The number of anilines is 1. The summed E-state index contributed by atoms with van der Waals surface area (Å²) >= 11 is 0. The van der Waals surface area contributed by atoms with Gasteiger partial charge in [-0.2, -0.15) is 0 Å². The van der Waals surface area contributed by atoms with Crippen LogP contribution in [0.1, 0.15) is 34.1 Å². The van der Waals surface area contributed by atoms with Crippen molar-refractivity contribution in [1.29, 1.82) is 0 Å². The van der Waals surface area contributed by atoms with E-state index >= 15 is 0 Å². The Hall–Kier alpha value is -3.48. The van der Waals surface area contributed by atoms with Gasteiger partial charge in [0.1, 0.15) is 11.6 Å².